The molecule has 0 spiro atoms. The fourth-order valence-electron chi connectivity index (χ4n) is 1.45. The second-order valence-corrected chi connectivity index (χ2v) is 3.89. The summed E-state index contributed by atoms with van der Waals surface area (Å²) in [5, 5.41) is 20.5. The van der Waals surface area contributed by atoms with E-state index in [-0.39, 0.29) is 6.10 Å². The quantitative estimate of drug-likeness (QED) is 0.677. The van der Waals surface area contributed by atoms with E-state index < -0.39 is 0 Å². The normalized spacial score (nSPS) is 18.4. The Morgan fingerprint density at radius 1 is 1.71 bits per heavy atom. The van der Waals surface area contributed by atoms with Gasteiger partial charge in [0.25, 0.3) is 0 Å². The number of aliphatic hydroxyl groups is 1. The number of nitrogens with zero attached hydrogens (tertiary/aromatic N) is 3. The Morgan fingerprint density at radius 2 is 2.50 bits per heavy atom. The number of aryl methyl sites for hydroxylation is 1. The van der Waals surface area contributed by atoms with Crippen molar-refractivity contribution >= 4 is 0 Å². The highest BCUT2D eigenvalue weighted by Crippen LogP contribution is 2.32. The number of aromatic nitrogens is 3. The highest BCUT2D eigenvalue weighted by Gasteiger charge is 2.29. The maximum Gasteiger partial charge on any atom is 0.146 e. The van der Waals surface area contributed by atoms with Crippen LogP contribution in [0.25, 0.3) is 0 Å². The SMILES string of the molecule is Cn1cnnc1CNCC(O)C1CC1. The Kier molecular flexibility index (Phi) is 2.79. The topological polar surface area (TPSA) is 63.0 Å². The van der Waals surface area contributed by atoms with Crippen LogP contribution >= 0.6 is 0 Å². The minimum Gasteiger partial charge on any atom is -0.392 e. The van der Waals surface area contributed by atoms with Gasteiger partial charge in [-0.25, -0.2) is 0 Å². The van der Waals surface area contributed by atoms with E-state index in [1.54, 1.807) is 6.33 Å². The molecule has 1 aromatic rings. The molecule has 78 valence electrons. The molecule has 0 saturated heterocycles. The van der Waals surface area contributed by atoms with Gasteiger partial charge in [-0.05, 0) is 18.8 Å². The molecule has 0 radical (unpaired) electrons. The molecule has 14 heavy (non-hydrogen) atoms. The smallest absolute Gasteiger partial charge is 0.146 e. The van der Waals surface area contributed by atoms with E-state index in [9.17, 15) is 5.11 Å². The summed E-state index contributed by atoms with van der Waals surface area (Å²) in [6.45, 7) is 1.32. The van der Waals surface area contributed by atoms with Gasteiger partial charge in [-0.2, -0.15) is 0 Å². The zero-order valence-corrected chi connectivity index (χ0v) is 8.35. The largest absolute Gasteiger partial charge is 0.392 e. The second-order valence-electron chi connectivity index (χ2n) is 3.89. The molecule has 2 rings (SSSR count). The number of nitrogens with one attached hydrogen (secondary N) is 1. The number of hydrogen-bond acceptors (Lipinski definition) is 4. The van der Waals surface area contributed by atoms with Crippen LogP contribution in [0, 0.1) is 5.92 Å². The summed E-state index contributed by atoms with van der Waals surface area (Å²) in [6, 6.07) is 0. The molecule has 1 atom stereocenters. The van der Waals surface area contributed by atoms with E-state index >= 15 is 0 Å². The minimum absolute atomic E-state index is 0.191. The average molecular weight is 196 g/mol. The van der Waals surface area contributed by atoms with Crippen LogP contribution in [0.1, 0.15) is 18.7 Å². The van der Waals surface area contributed by atoms with Gasteiger partial charge in [0.15, 0.2) is 0 Å². The lowest BCUT2D eigenvalue weighted by Crippen LogP contribution is -2.28. The first kappa shape index (κ1) is 9.61. The van der Waals surface area contributed by atoms with Crippen LogP contribution in [-0.4, -0.2) is 32.5 Å². The van der Waals surface area contributed by atoms with Gasteiger partial charge in [0.1, 0.15) is 12.2 Å². The van der Waals surface area contributed by atoms with Crippen LogP contribution in [0.15, 0.2) is 6.33 Å². The van der Waals surface area contributed by atoms with Crippen LogP contribution in [0.3, 0.4) is 0 Å². The maximum atomic E-state index is 9.58. The summed E-state index contributed by atoms with van der Waals surface area (Å²) in [7, 11) is 1.91. The number of aliphatic hydroxyl groups excluding tert-OH is 1. The maximum absolute atomic E-state index is 9.58. The zero-order chi connectivity index (χ0) is 9.97. The second kappa shape index (κ2) is 4.06. The summed E-state index contributed by atoms with van der Waals surface area (Å²) < 4.78 is 1.87. The van der Waals surface area contributed by atoms with Crippen LogP contribution in [-0.2, 0) is 13.6 Å². The van der Waals surface area contributed by atoms with Gasteiger partial charge >= 0.3 is 0 Å². The first-order valence-electron chi connectivity index (χ1n) is 4.99. The average Bonchev–Trinajstić information content (AvgIpc) is 2.93. The summed E-state index contributed by atoms with van der Waals surface area (Å²) in [4.78, 5) is 0. The van der Waals surface area contributed by atoms with Crippen molar-refractivity contribution in [1.29, 1.82) is 0 Å². The summed E-state index contributed by atoms with van der Waals surface area (Å²) >= 11 is 0. The Bertz CT molecular complexity index is 295. The van der Waals surface area contributed by atoms with Gasteiger partial charge in [0, 0.05) is 13.6 Å². The molecule has 5 nitrogen and oxygen atoms in total. The van der Waals surface area contributed by atoms with Crippen molar-refractivity contribution in [3.63, 3.8) is 0 Å². The predicted octanol–water partition coefficient (Wildman–Crippen LogP) is -0.324. The Balaban J connectivity index is 1.69. The van der Waals surface area contributed by atoms with Crippen molar-refractivity contribution in [3.8, 4) is 0 Å². The molecule has 2 N–H and O–H groups in total. The fraction of sp³-hybridized carbons (Fsp3) is 0.778. The fourth-order valence-corrected chi connectivity index (χ4v) is 1.45. The van der Waals surface area contributed by atoms with Crippen molar-refractivity contribution in [2.75, 3.05) is 6.54 Å². The predicted molar refractivity (Wildman–Crippen MR) is 51.4 cm³/mol. The van der Waals surface area contributed by atoms with E-state index in [1.807, 2.05) is 11.6 Å². The van der Waals surface area contributed by atoms with E-state index in [1.165, 1.54) is 12.8 Å². The molecule has 0 aliphatic heterocycles. The molecular formula is C9H16N4O. The Hall–Kier alpha value is -0.940. The monoisotopic (exact) mass is 196 g/mol. The number of rotatable bonds is 5. The molecular weight excluding hydrogens is 180 g/mol. The molecule has 5 heteroatoms. The first-order valence-corrected chi connectivity index (χ1v) is 4.99. The molecule has 1 aliphatic carbocycles. The Morgan fingerprint density at radius 3 is 3.07 bits per heavy atom. The van der Waals surface area contributed by atoms with E-state index in [0.717, 1.165) is 5.82 Å². The molecule has 1 unspecified atom stereocenters. The van der Waals surface area contributed by atoms with Gasteiger partial charge in [0.05, 0.1) is 12.6 Å². The lowest BCUT2D eigenvalue weighted by molar-refractivity contribution is 0.148. The van der Waals surface area contributed by atoms with Crippen molar-refractivity contribution in [1.82, 2.24) is 20.1 Å². The zero-order valence-electron chi connectivity index (χ0n) is 8.35. The van der Waals surface area contributed by atoms with E-state index in [2.05, 4.69) is 15.5 Å². The number of hydrogen-bond donors (Lipinski definition) is 2. The van der Waals surface area contributed by atoms with Crippen LogP contribution < -0.4 is 5.32 Å². The molecule has 0 aromatic carbocycles. The molecule has 1 saturated carbocycles. The van der Waals surface area contributed by atoms with Crippen LogP contribution in [0.5, 0.6) is 0 Å². The van der Waals surface area contributed by atoms with Crippen LogP contribution in [0.2, 0.25) is 0 Å². The van der Waals surface area contributed by atoms with Crippen molar-refractivity contribution in [2.45, 2.75) is 25.5 Å². The highest BCUT2D eigenvalue weighted by molar-refractivity contribution is 4.85. The molecule has 0 amide bonds. The van der Waals surface area contributed by atoms with Gasteiger partial charge in [-0.1, -0.05) is 0 Å². The van der Waals surface area contributed by atoms with E-state index in [0.29, 0.717) is 19.0 Å². The summed E-state index contributed by atoms with van der Waals surface area (Å²) in [5.41, 5.74) is 0. The van der Waals surface area contributed by atoms with Crippen molar-refractivity contribution < 1.29 is 5.11 Å². The molecule has 1 heterocycles. The minimum atomic E-state index is -0.191. The van der Waals surface area contributed by atoms with Crippen LogP contribution in [0.4, 0.5) is 0 Å². The third-order valence-corrected chi connectivity index (χ3v) is 2.61. The van der Waals surface area contributed by atoms with Crippen molar-refractivity contribution in [2.24, 2.45) is 13.0 Å². The highest BCUT2D eigenvalue weighted by atomic mass is 16.3. The third kappa shape index (κ3) is 2.30. The summed E-state index contributed by atoms with van der Waals surface area (Å²) in [5.74, 6) is 1.43. The van der Waals surface area contributed by atoms with Gasteiger partial charge in [0.2, 0.25) is 0 Å². The Labute approximate surface area is 83.2 Å². The standard InChI is InChI=1S/C9H16N4O/c1-13-6-11-12-9(13)5-10-4-8(14)7-2-3-7/h6-8,10,14H,2-5H2,1H3. The third-order valence-electron chi connectivity index (χ3n) is 2.61. The van der Waals surface area contributed by atoms with Crippen molar-refractivity contribution in [3.05, 3.63) is 12.2 Å². The molecule has 0 bridgehead atoms. The lowest BCUT2D eigenvalue weighted by atomic mass is 10.2. The first-order chi connectivity index (χ1) is 6.77. The molecule has 1 aromatic heterocycles. The van der Waals surface area contributed by atoms with E-state index in [4.69, 9.17) is 0 Å². The van der Waals surface area contributed by atoms with Gasteiger partial charge in [-0.3, -0.25) is 0 Å². The lowest BCUT2D eigenvalue weighted by Gasteiger charge is -2.09. The van der Waals surface area contributed by atoms with Gasteiger partial charge in [-0.15, -0.1) is 10.2 Å². The molecule has 1 fully saturated rings. The molecule has 1 aliphatic rings. The summed E-state index contributed by atoms with van der Waals surface area (Å²) in [6.07, 6.45) is 3.83. The van der Waals surface area contributed by atoms with Gasteiger partial charge < -0.3 is 15.0 Å².